The molecule has 0 spiro atoms. The van der Waals surface area contributed by atoms with Crippen molar-refractivity contribution in [2.24, 2.45) is 0 Å². The van der Waals surface area contributed by atoms with E-state index in [1.165, 1.54) is 0 Å². The fraction of sp³-hybridized carbons (Fsp3) is 0.263. The quantitative estimate of drug-likeness (QED) is 0.536. The van der Waals surface area contributed by atoms with Crippen LogP contribution in [0.25, 0.3) is 11.4 Å². The molecule has 0 amide bonds. The van der Waals surface area contributed by atoms with Crippen LogP contribution >= 0.6 is 23.2 Å². The predicted molar refractivity (Wildman–Crippen MR) is 101 cm³/mol. The number of hydrogen-bond donors (Lipinski definition) is 0. The number of aromatic nitrogens is 2. The third kappa shape index (κ3) is 4.29. The van der Waals surface area contributed by atoms with E-state index < -0.39 is 0 Å². The Morgan fingerprint density at radius 1 is 0.962 bits per heavy atom. The van der Waals surface area contributed by atoms with Crippen LogP contribution < -0.4 is 9.47 Å². The van der Waals surface area contributed by atoms with Gasteiger partial charge in [-0.25, -0.2) is 0 Å². The molecule has 0 saturated carbocycles. The zero-order valence-corrected chi connectivity index (χ0v) is 16.0. The number of benzene rings is 2. The van der Waals surface area contributed by atoms with Gasteiger partial charge in [-0.1, -0.05) is 34.4 Å². The van der Waals surface area contributed by atoms with E-state index in [0.717, 1.165) is 11.3 Å². The molecule has 0 aliphatic rings. The van der Waals surface area contributed by atoms with Crippen LogP contribution in [0, 0.1) is 0 Å². The molecular weight excluding hydrogens is 375 g/mol. The van der Waals surface area contributed by atoms with Gasteiger partial charge in [-0.3, -0.25) is 0 Å². The van der Waals surface area contributed by atoms with Crippen molar-refractivity contribution in [3.05, 3.63) is 57.9 Å². The van der Waals surface area contributed by atoms with E-state index in [9.17, 15) is 0 Å². The van der Waals surface area contributed by atoms with Gasteiger partial charge in [-0.15, -0.1) is 0 Å². The van der Waals surface area contributed by atoms with Crippen LogP contribution in [0.15, 0.2) is 40.9 Å². The van der Waals surface area contributed by atoms with Gasteiger partial charge in [-0.2, -0.15) is 4.98 Å². The van der Waals surface area contributed by atoms with E-state index in [2.05, 4.69) is 10.1 Å². The second-order valence-electron chi connectivity index (χ2n) is 5.46. The number of halogens is 2. The maximum absolute atomic E-state index is 6.20. The summed E-state index contributed by atoms with van der Waals surface area (Å²) in [5.41, 5.74) is 1.65. The summed E-state index contributed by atoms with van der Waals surface area (Å²) in [5.74, 6) is 2.33. The van der Waals surface area contributed by atoms with Crippen molar-refractivity contribution in [3.63, 3.8) is 0 Å². The van der Waals surface area contributed by atoms with Gasteiger partial charge < -0.3 is 14.0 Å². The third-order valence-electron chi connectivity index (χ3n) is 3.60. The average Bonchev–Trinajstić information content (AvgIpc) is 3.06. The lowest BCUT2D eigenvalue weighted by atomic mass is 10.1. The van der Waals surface area contributed by atoms with Crippen molar-refractivity contribution in [1.82, 2.24) is 10.1 Å². The van der Waals surface area contributed by atoms with Crippen LogP contribution in [0.1, 0.15) is 25.3 Å². The summed E-state index contributed by atoms with van der Waals surface area (Å²) in [5, 5.41) is 5.04. The molecule has 0 aliphatic heterocycles. The minimum Gasteiger partial charge on any atom is -0.490 e. The first-order valence-electron chi connectivity index (χ1n) is 8.27. The van der Waals surface area contributed by atoms with Crippen LogP contribution in [0.3, 0.4) is 0 Å². The Hall–Kier alpha value is -2.24. The fourth-order valence-corrected chi connectivity index (χ4v) is 2.98. The SMILES string of the molecule is CCOc1ccc(Cc2nc(-c3ccc(Cl)cc3Cl)no2)cc1OCC. The van der Waals surface area contributed by atoms with Crippen molar-refractivity contribution in [1.29, 1.82) is 0 Å². The van der Waals surface area contributed by atoms with E-state index in [1.54, 1.807) is 18.2 Å². The van der Waals surface area contributed by atoms with Gasteiger partial charge >= 0.3 is 0 Å². The molecule has 3 rings (SSSR count). The van der Waals surface area contributed by atoms with Gasteiger partial charge in [0.05, 0.1) is 24.7 Å². The van der Waals surface area contributed by atoms with Crippen molar-refractivity contribution in [2.45, 2.75) is 20.3 Å². The minimum atomic E-state index is 0.428. The zero-order valence-electron chi connectivity index (χ0n) is 14.5. The topological polar surface area (TPSA) is 57.4 Å². The Morgan fingerprint density at radius 3 is 2.46 bits per heavy atom. The molecule has 3 aromatic rings. The molecule has 0 atom stereocenters. The Bertz CT molecular complexity index is 896. The average molecular weight is 393 g/mol. The molecular formula is C19H18Cl2N2O3. The highest BCUT2D eigenvalue weighted by molar-refractivity contribution is 6.36. The molecule has 0 unspecified atom stereocenters. The third-order valence-corrected chi connectivity index (χ3v) is 4.15. The van der Waals surface area contributed by atoms with E-state index in [-0.39, 0.29) is 0 Å². The second-order valence-corrected chi connectivity index (χ2v) is 6.30. The highest BCUT2D eigenvalue weighted by atomic mass is 35.5. The van der Waals surface area contributed by atoms with E-state index in [0.29, 0.717) is 52.7 Å². The summed E-state index contributed by atoms with van der Waals surface area (Å²) in [6.45, 7) is 5.01. The zero-order chi connectivity index (χ0) is 18.5. The molecule has 1 aromatic heterocycles. The number of hydrogen-bond acceptors (Lipinski definition) is 5. The summed E-state index contributed by atoms with van der Waals surface area (Å²) in [6.07, 6.45) is 0.477. The van der Waals surface area contributed by atoms with Crippen LogP contribution in [-0.2, 0) is 6.42 Å². The van der Waals surface area contributed by atoms with Gasteiger partial charge in [0.2, 0.25) is 11.7 Å². The smallest absolute Gasteiger partial charge is 0.231 e. The normalized spacial score (nSPS) is 10.8. The first-order valence-corrected chi connectivity index (χ1v) is 9.02. The summed E-state index contributed by atoms with van der Waals surface area (Å²) in [6, 6.07) is 10.9. The number of nitrogens with zero attached hydrogens (tertiary/aromatic N) is 2. The summed E-state index contributed by atoms with van der Waals surface area (Å²) in [4.78, 5) is 4.42. The predicted octanol–water partition coefficient (Wildman–Crippen LogP) is 5.43. The number of rotatable bonds is 7. The first-order chi connectivity index (χ1) is 12.6. The standard InChI is InChI=1S/C19H18Cl2N2O3/c1-3-24-16-8-5-12(9-17(16)25-4-2)10-18-22-19(23-26-18)14-7-6-13(20)11-15(14)21/h5-9,11H,3-4,10H2,1-2H3. The monoisotopic (exact) mass is 392 g/mol. The Morgan fingerprint density at radius 2 is 1.73 bits per heavy atom. The van der Waals surface area contributed by atoms with Gasteiger partial charge in [0.25, 0.3) is 0 Å². The highest BCUT2D eigenvalue weighted by Crippen LogP contribution is 2.31. The Labute approximate surface area is 161 Å². The molecule has 0 fully saturated rings. The summed E-state index contributed by atoms with van der Waals surface area (Å²) in [7, 11) is 0. The molecule has 0 bridgehead atoms. The van der Waals surface area contributed by atoms with Crippen LogP contribution in [0.5, 0.6) is 11.5 Å². The molecule has 2 aromatic carbocycles. The molecule has 0 aliphatic carbocycles. The Balaban J connectivity index is 1.81. The summed E-state index contributed by atoms with van der Waals surface area (Å²) >= 11 is 12.1. The molecule has 0 N–H and O–H groups in total. The van der Waals surface area contributed by atoms with Crippen molar-refractivity contribution in [3.8, 4) is 22.9 Å². The van der Waals surface area contributed by atoms with Crippen molar-refractivity contribution >= 4 is 23.2 Å². The van der Waals surface area contributed by atoms with E-state index in [1.807, 2.05) is 32.0 Å². The van der Waals surface area contributed by atoms with Gasteiger partial charge in [0, 0.05) is 10.6 Å². The Kier molecular flexibility index (Phi) is 6.01. The minimum absolute atomic E-state index is 0.428. The largest absolute Gasteiger partial charge is 0.490 e. The fourth-order valence-electron chi connectivity index (χ4n) is 2.49. The maximum atomic E-state index is 6.20. The lowest BCUT2D eigenvalue weighted by Gasteiger charge is -2.11. The van der Waals surface area contributed by atoms with Crippen LogP contribution in [-0.4, -0.2) is 23.4 Å². The van der Waals surface area contributed by atoms with Gasteiger partial charge in [-0.05, 0) is 49.7 Å². The molecule has 26 heavy (non-hydrogen) atoms. The second kappa shape index (κ2) is 8.43. The van der Waals surface area contributed by atoms with E-state index in [4.69, 9.17) is 37.2 Å². The van der Waals surface area contributed by atoms with E-state index >= 15 is 0 Å². The lowest BCUT2D eigenvalue weighted by Crippen LogP contribution is -1.99. The first kappa shape index (κ1) is 18.5. The van der Waals surface area contributed by atoms with Crippen molar-refractivity contribution in [2.75, 3.05) is 13.2 Å². The van der Waals surface area contributed by atoms with Gasteiger partial charge in [0.15, 0.2) is 11.5 Å². The lowest BCUT2D eigenvalue weighted by molar-refractivity contribution is 0.287. The molecule has 5 nitrogen and oxygen atoms in total. The number of ether oxygens (including phenoxy) is 2. The highest BCUT2D eigenvalue weighted by Gasteiger charge is 2.14. The maximum Gasteiger partial charge on any atom is 0.231 e. The van der Waals surface area contributed by atoms with Crippen LogP contribution in [0.2, 0.25) is 10.0 Å². The van der Waals surface area contributed by atoms with Crippen LogP contribution in [0.4, 0.5) is 0 Å². The van der Waals surface area contributed by atoms with Crippen molar-refractivity contribution < 1.29 is 14.0 Å². The molecule has 0 radical (unpaired) electrons. The molecule has 1 heterocycles. The summed E-state index contributed by atoms with van der Waals surface area (Å²) < 4.78 is 16.6. The molecule has 0 saturated heterocycles. The van der Waals surface area contributed by atoms with Gasteiger partial charge in [0.1, 0.15) is 0 Å². The molecule has 136 valence electrons. The molecule has 7 heteroatoms.